The molecule has 0 spiro atoms. The van der Waals surface area contributed by atoms with Gasteiger partial charge in [0.25, 0.3) is 0 Å². The molecule has 0 saturated heterocycles. The van der Waals surface area contributed by atoms with Crippen molar-refractivity contribution in [3.05, 3.63) is 85.3 Å². The number of halogens is 2. The normalized spacial score (nSPS) is 10.9. The molecule has 6 heteroatoms. The van der Waals surface area contributed by atoms with E-state index < -0.39 is 0 Å². The van der Waals surface area contributed by atoms with Crippen molar-refractivity contribution >= 4 is 39.4 Å². The van der Waals surface area contributed by atoms with Gasteiger partial charge in [0.2, 0.25) is 0 Å². The summed E-state index contributed by atoms with van der Waals surface area (Å²) in [7, 11) is 0. The van der Waals surface area contributed by atoms with Gasteiger partial charge in [0, 0.05) is 20.0 Å². The summed E-state index contributed by atoms with van der Waals surface area (Å²) in [4.78, 5) is 15.1. The fourth-order valence-corrected chi connectivity index (χ4v) is 2.20. The lowest BCUT2D eigenvalue weighted by Crippen LogP contribution is -2.01. The molecule has 4 nitrogen and oxygen atoms in total. The van der Waals surface area contributed by atoms with Crippen LogP contribution in [0.5, 0.6) is 0 Å². The van der Waals surface area contributed by atoms with Crippen LogP contribution in [-0.4, -0.2) is 5.78 Å². The molecule has 2 aromatic rings. The third-order valence-corrected chi connectivity index (χ3v) is 3.66. The maximum absolute atomic E-state index is 12.4. The minimum Gasteiger partial charge on any atom is -0.289 e. The molecular formula is C15H9BrClN3O. The van der Waals surface area contributed by atoms with Crippen molar-refractivity contribution in [2.24, 2.45) is 5.11 Å². The van der Waals surface area contributed by atoms with E-state index in [1.807, 2.05) is 24.3 Å². The molecule has 0 amide bonds. The molecule has 0 bridgehead atoms. The fraction of sp³-hybridized carbons (Fsp3) is 0. The summed E-state index contributed by atoms with van der Waals surface area (Å²) in [5.74, 6) is -0.361. The predicted molar refractivity (Wildman–Crippen MR) is 87.0 cm³/mol. The number of nitrogens with zero attached hydrogens (tertiary/aromatic N) is 3. The van der Waals surface area contributed by atoms with Crippen LogP contribution in [0.2, 0.25) is 5.02 Å². The van der Waals surface area contributed by atoms with Crippen molar-refractivity contribution < 1.29 is 4.79 Å². The third-order valence-electron chi connectivity index (χ3n) is 2.69. The Labute approximate surface area is 134 Å². The molecule has 2 rings (SSSR count). The van der Waals surface area contributed by atoms with Crippen molar-refractivity contribution in [1.29, 1.82) is 0 Å². The Morgan fingerprint density at radius 2 is 1.86 bits per heavy atom. The van der Waals surface area contributed by atoms with Crippen molar-refractivity contribution in [2.45, 2.75) is 0 Å². The van der Waals surface area contributed by atoms with E-state index in [2.05, 4.69) is 26.0 Å². The summed E-state index contributed by atoms with van der Waals surface area (Å²) in [5, 5.41) is 4.03. The maximum atomic E-state index is 12.4. The molecule has 0 saturated carbocycles. The van der Waals surface area contributed by atoms with Crippen molar-refractivity contribution in [3.63, 3.8) is 0 Å². The van der Waals surface area contributed by atoms with Gasteiger partial charge in [-0.15, -0.1) is 0 Å². The summed E-state index contributed by atoms with van der Waals surface area (Å²) in [6.07, 6.45) is 1.54. The number of hydrogen-bond donors (Lipinski definition) is 0. The number of hydrogen-bond acceptors (Lipinski definition) is 2. The van der Waals surface area contributed by atoms with E-state index in [-0.39, 0.29) is 11.5 Å². The van der Waals surface area contributed by atoms with E-state index in [4.69, 9.17) is 17.1 Å². The van der Waals surface area contributed by atoms with Crippen molar-refractivity contribution in [2.75, 3.05) is 0 Å². The molecule has 0 fully saturated rings. The number of carbonyl (C=O) groups is 1. The number of rotatable bonds is 4. The lowest BCUT2D eigenvalue weighted by Gasteiger charge is -2.03. The van der Waals surface area contributed by atoms with E-state index in [9.17, 15) is 4.79 Å². The van der Waals surface area contributed by atoms with Gasteiger partial charge in [-0.05, 0) is 47.5 Å². The number of azide groups is 1. The van der Waals surface area contributed by atoms with E-state index in [0.29, 0.717) is 10.6 Å². The highest BCUT2D eigenvalue weighted by Crippen LogP contribution is 2.21. The van der Waals surface area contributed by atoms with Crippen LogP contribution >= 0.6 is 27.5 Å². The van der Waals surface area contributed by atoms with E-state index >= 15 is 0 Å². The minimum absolute atomic E-state index is 0.0201. The zero-order chi connectivity index (χ0) is 15.2. The van der Waals surface area contributed by atoms with E-state index in [1.165, 1.54) is 0 Å². The summed E-state index contributed by atoms with van der Waals surface area (Å²) in [6, 6.07) is 13.7. The zero-order valence-electron chi connectivity index (χ0n) is 10.7. The molecule has 0 atom stereocenters. The first-order chi connectivity index (χ1) is 10.1. The Morgan fingerprint density at radius 1 is 1.19 bits per heavy atom. The van der Waals surface area contributed by atoms with Crippen molar-refractivity contribution in [3.8, 4) is 0 Å². The van der Waals surface area contributed by atoms with Gasteiger partial charge in [-0.3, -0.25) is 4.79 Å². The Morgan fingerprint density at radius 3 is 2.48 bits per heavy atom. The van der Waals surface area contributed by atoms with Crippen LogP contribution < -0.4 is 0 Å². The second-order valence-electron chi connectivity index (χ2n) is 4.08. The number of allylic oxidation sites excluding steroid dienone is 1. The Balaban J connectivity index is 2.44. The van der Waals surface area contributed by atoms with E-state index in [1.54, 1.807) is 30.3 Å². The van der Waals surface area contributed by atoms with Crippen LogP contribution in [0.1, 0.15) is 15.9 Å². The molecule has 0 aromatic heterocycles. The molecule has 0 radical (unpaired) electrons. The average molecular weight is 363 g/mol. The van der Waals surface area contributed by atoms with Crippen LogP contribution in [0.15, 0.2) is 63.8 Å². The molecule has 0 aliphatic rings. The molecule has 0 unspecified atom stereocenters. The Hall–Kier alpha value is -2.07. The highest BCUT2D eigenvalue weighted by Gasteiger charge is 2.11. The van der Waals surface area contributed by atoms with Gasteiger partial charge < -0.3 is 0 Å². The molecule has 0 N–H and O–H groups in total. The van der Waals surface area contributed by atoms with Gasteiger partial charge in [0.05, 0.1) is 5.70 Å². The Bertz CT molecular complexity index is 750. The van der Waals surface area contributed by atoms with E-state index in [0.717, 1.165) is 10.0 Å². The highest BCUT2D eigenvalue weighted by atomic mass is 79.9. The summed E-state index contributed by atoms with van der Waals surface area (Å²) in [5.41, 5.74) is 9.84. The molecule has 0 aliphatic heterocycles. The number of Topliss-reactive ketones (excluding diaryl/α,β-unsaturated/α-hetero) is 1. The summed E-state index contributed by atoms with van der Waals surface area (Å²) < 4.78 is 0.805. The summed E-state index contributed by atoms with van der Waals surface area (Å²) in [6.45, 7) is 0. The molecule has 0 aliphatic carbocycles. The van der Waals surface area contributed by atoms with Gasteiger partial charge in [-0.1, -0.05) is 50.8 Å². The predicted octanol–water partition coefficient (Wildman–Crippen LogP) is 5.64. The number of ketones is 1. The maximum Gasteiger partial charge on any atom is 0.195 e. The van der Waals surface area contributed by atoms with Crippen LogP contribution in [-0.2, 0) is 0 Å². The second kappa shape index (κ2) is 7.09. The van der Waals surface area contributed by atoms with Gasteiger partial charge in [0.15, 0.2) is 5.78 Å². The average Bonchev–Trinajstić information content (AvgIpc) is 2.49. The zero-order valence-corrected chi connectivity index (χ0v) is 13.0. The molecule has 0 heterocycles. The van der Waals surface area contributed by atoms with Gasteiger partial charge in [-0.2, -0.15) is 0 Å². The SMILES string of the molecule is [N-]=[N+]=N/C(=C\c1ccccc1Br)C(=O)c1ccc(Cl)cc1. The first-order valence-electron chi connectivity index (χ1n) is 5.93. The summed E-state index contributed by atoms with van der Waals surface area (Å²) >= 11 is 9.18. The van der Waals surface area contributed by atoms with Gasteiger partial charge in [-0.25, -0.2) is 0 Å². The molecule has 21 heavy (non-hydrogen) atoms. The van der Waals surface area contributed by atoms with Crippen LogP contribution in [0.3, 0.4) is 0 Å². The third kappa shape index (κ3) is 3.95. The lowest BCUT2D eigenvalue weighted by molar-refractivity contribution is 0.103. The lowest BCUT2D eigenvalue weighted by atomic mass is 10.1. The van der Waals surface area contributed by atoms with Crippen molar-refractivity contribution in [1.82, 2.24) is 0 Å². The standard InChI is InChI=1S/C15H9BrClN3O/c16-13-4-2-1-3-11(13)9-14(19-20-18)15(21)10-5-7-12(17)8-6-10/h1-9H/b14-9-. The minimum atomic E-state index is -0.361. The monoisotopic (exact) mass is 361 g/mol. The molecular weight excluding hydrogens is 354 g/mol. The Kier molecular flexibility index (Phi) is 5.17. The molecule has 104 valence electrons. The van der Waals surface area contributed by atoms with Gasteiger partial charge in [0.1, 0.15) is 0 Å². The fourth-order valence-electron chi connectivity index (χ4n) is 1.68. The van der Waals surface area contributed by atoms with Crippen LogP contribution in [0.4, 0.5) is 0 Å². The van der Waals surface area contributed by atoms with Gasteiger partial charge >= 0.3 is 0 Å². The first-order valence-corrected chi connectivity index (χ1v) is 7.10. The first kappa shape index (κ1) is 15.3. The largest absolute Gasteiger partial charge is 0.289 e. The highest BCUT2D eigenvalue weighted by molar-refractivity contribution is 9.10. The topological polar surface area (TPSA) is 65.8 Å². The molecule has 2 aromatic carbocycles. The van der Waals surface area contributed by atoms with Crippen LogP contribution in [0.25, 0.3) is 16.5 Å². The van der Waals surface area contributed by atoms with Crippen LogP contribution in [0, 0.1) is 0 Å². The number of benzene rings is 2. The second-order valence-corrected chi connectivity index (χ2v) is 5.37. The number of carbonyl (C=O) groups excluding carboxylic acids is 1. The quantitative estimate of drug-likeness (QED) is 0.228. The smallest absolute Gasteiger partial charge is 0.195 e.